The van der Waals surface area contributed by atoms with Crippen molar-refractivity contribution in [2.45, 2.75) is 27.7 Å². The molecule has 0 spiro atoms. The third-order valence-corrected chi connectivity index (χ3v) is 13.6. The fraction of sp³-hybridized carbons (Fsp3) is 0.0702. The van der Waals surface area contributed by atoms with Gasteiger partial charge in [0, 0.05) is 18.0 Å². The second-order valence-corrected chi connectivity index (χ2v) is 17.3. The van der Waals surface area contributed by atoms with Gasteiger partial charge in [-0.3, -0.25) is 4.98 Å². The fourth-order valence-corrected chi connectivity index (χ4v) is 10.5. The summed E-state index contributed by atoms with van der Waals surface area (Å²) in [6.45, 7) is 8.91. The van der Waals surface area contributed by atoms with Gasteiger partial charge >= 0.3 is 313 Å². The molecule has 4 heterocycles. The van der Waals surface area contributed by atoms with Crippen LogP contribution in [0.15, 0.2) is 188 Å². The van der Waals surface area contributed by atoms with Crippen LogP contribution in [0.3, 0.4) is 0 Å². The number of nitrogens with zero attached hydrogens (tertiary/aromatic N) is 5. The van der Waals surface area contributed by atoms with Gasteiger partial charge in [-0.15, -0.1) is 0 Å². The van der Waals surface area contributed by atoms with E-state index in [1.54, 1.807) is 0 Å². The number of aromatic nitrogens is 5. The molecule has 0 N–H and O–H groups in total. The minimum absolute atomic E-state index is 0.739. The number of fused-ring (bicyclic) bond motifs is 4. The molecule has 0 aliphatic carbocycles. The summed E-state index contributed by atoms with van der Waals surface area (Å²) in [6, 6.07) is 61.8. The topological polar surface area (TPSA) is 49.8 Å². The average molecular weight is 1010 g/mol. The van der Waals surface area contributed by atoms with Crippen LogP contribution < -0.4 is 4.74 Å². The van der Waals surface area contributed by atoms with Crippen molar-refractivity contribution in [2.75, 3.05) is 0 Å². The number of pyridine rings is 2. The van der Waals surface area contributed by atoms with Crippen molar-refractivity contribution in [1.29, 1.82) is 0 Å². The Morgan fingerprint density at radius 1 is 0.469 bits per heavy atom. The standard InChI is InChI=1S/C57H43N5O.Pt/c1-37-32-54(59-35-48(37)49-25-15-16-31-58-49)62-50-26-12-11-24-46(50)47-30-29-45(34-53(47)62)63-44-23-17-22-43(33-44)60-36-61(52-28-14-13-27-51(52)60)57-55(41-18-7-5-8-19-41)39(3)38(2)40(4)56(57)42-20-9-6-10-21-42;/h5-35H,1-4H3;. The van der Waals surface area contributed by atoms with E-state index in [0.29, 0.717) is 0 Å². The molecule has 7 heteroatoms. The van der Waals surface area contributed by atoms with E-state index in [1.807, 2.05) is 36.7 Å². The van der Waals surface area contributed by atoms with E-state index in [2.05, 4.69) is 217 Å². The van der Waals surface area contributed by atoms with Gasteiger partial charge < -0.3 is 0 Å². The predicted octanol–water partition coefficient (Wildman–Crippen LogP) is 14.4. The summed E-state index contributed by atoms with van der Waals surface area (Å²) in [7, 11) is 0. The van der Waals surface area contributed by atoms with Crippen molar-refractivity contribution in [3.63, 3.8) is 0 Å². The molecule has 0 unspecified atom stereocenters. The summed E-state index contributed by atoms with van der Waals surface area (Å²) >= 11 is 2.52. The molecule has 0 bridgehead atoms. The maximum absolute atomic E-state index is 6.81. The summed E-state index contributed by atoms with van der Waals surface area (Å²) in [5.41, 5.74) is 18.2. The normalized spacial score (nSPS) is 11.5. The van der Waals surface area contributed by atoms with Crippen molar-refractivity contribution >= 4 is 32.8 Å². The fourth-order valence-electron chi connectivity index (χ4n) is 9.38. The molecule has 0 radical (unpaired) electrons. The molecule has 0 aliphatic rings. The first-order valence-corrected chi connectivity index (χ1v) is 22.6. The van der Waals surface area contributed by atoms with Crippen molar-refractivity contribution in [3.8, 4) is 62.2 Å². The molecule has 0 atom stereocenters. The van der Waals surface area contributed by atoms with Gasteiger partial charge in [-0.1, -0.05) is 18.2 Å². The van der Waals surface area contributed by atoms with Crippen molar-refractivity contribution in [1.82, 2.24) is 23.7 Å². The van der Waals surface area contributed by atoms with Crippen LogP contribution in [0.5, 0.6) is 11.5 Å². The van der Waals surface area contributed by atoms with E-state index in [4.69, 9.17) is 9.72 Å². The Hall–Kier alpha value is -7.40. The Balaban J connectivity index is 1.05. The number of benzene rings is 7. The van der Waals surface area contributed by atoms with E-state index < -0.39 is 0 Å². The number of imidazole rings is 1. The zero-order valence-electron chi connectivity index (χ0n) is 35.9. The number of hydrogen-bond donors (Lipinski definition) is 0. The molecule has 11 rings (SSSR count). The first-order chi connectivity index (χ1) is 31.4. The first kappa shape index (κ1) is 39.4. The van der Waals surface area contributed by atoms with Crippen LogP contribution in [0.2, 0.25) is 0 Å². The molecular formula is C57H43N5OPt. The van der Waals surface area contributed by atoms with Crippen LogP contribution in [-0.2, 0) is 19.4 Å². The molecule has 6 nitrogen and oxygen atoms in total. The van der Waals surface area contributed by atoms with Gasteiger partial charge in [0.1, 0.15) is 0 Å². The molecule has 0 aliphatic heterocycles. The summed E-state index contributed by atoms with van der Waals surface area (Å²) < 4.78 is 14.9. The third-order valence-electron chi connectivity index (χ3n) is 12.6. The number of ether oxygens (including phenoxy) is 1. The van der Waals surface area contributed by atoms with E-state index >= 15 is 0 Å². The molecule has 11 aromatic rings. The van der Waals surface area contributed by atoms with Gasteiger partial charge in [0.15, 0.2) is 0 Å². The van der Waals surface area contributed by atoms with Gasteiger partial charge in [0.2, 0.25) is 0 Å². The molecule has 0 fully saturated rings. The van der Waals surface area contributed by atoms with E-state index in [1.165, 1.54) is 44.6 Å². The number of aryl methyl sites for hydroxylation is 1. The van der Waals surface area contributed by atoms with E-state index in [0.717, 1.165) is 76.5 Å². The van der Waals surface area contributed by atoms with Crippen LogP contribution in [0, 0.1) is 31.5 Å². The van der Waals surface area contributed by atoms with Gasteiger partial charge in [-0.05, 0) is 24.6 Å². The summed E-state index contributed by atoms with van der Waals surface area (Å²) in [6.07, 6.45) is 3.75. The van der Waals surface area contributed by atoms with Crippen molar-refractivity contribution < 1.29 is 24.1 Å². The second kappa shape index (κ2) is 16.1. The molecule has 7 aromatic carbocycles. The summed E-state index contributed by atoms with van der Waals surface area (Å²) in [4.78, 5) is 9.60. The minimum atomic E-state index is 0.739. The zero-order valence-corrected chi connectivity index (χ0v) is 38.1. The third kappa shape index (κ3) is 6.56. The zero-order chi connectivity index (χ0) is 43.5. The van der Waals surface area contributed by atoms with Gasteiger partial charge in [0.25, 0.3) is 0 Å². The smallest absolute Gasteiger partial charge is 0.256 e. The predicted molar refractivity (Wildman–Crippen MR) is 258 cm³/mol. The van der Waals surface area contributed by atoms with Gasteiger partial charge in [-0.25, -0.2) is 0 Å². The van der Waals surface area contributed by atoms with Crippen LogP contribution in [-0.4, -0.2) is 23.7 Å². The second-order valence-electron chi connectivity index (χ2n) is 16.3. The Morgan fingerprint density at radius 2 is 1.08 bits per heavy atom. The Morgan fingerprint density at radius 3 is 1.75 bits per heavy atom. The Bertz CT molecular complexity index is 3580. The SMILES string of the molecule is Cc1cc(-n2c3ccccc3c3ccc(Oc4cccc(-n5[c](=[Pt])n(-c6c(-c7ccccc7)c(C)c(C)c(C)c6-c6ccccc6)c6ccccc65)c4)cc32)ncc1-c1ccccn1. The van der Waals surface area contributed by atoms with Crippen LogP contribution in [0.4, 0.5) is 0 Å². The average Bonchev–Trinajstić information content (AvgIpc) is 3.82. The molecule has 312 valence electrons. The molecule has 4 aromatic heterocycles. The summed E-state index contributed by atoms with van der Waals surface area (Å²) in [5, 5.41) is 2.29. The Labute approximate surface area is 382 Å². The Kier molecular flexibility index (Phi) is 9.90. The summed E-state index contributed by atoms with van der Waals surface area (Å²) in [5.74, 6) is 2.32. The number of rotatable bonds is 8. The van der Waals surface area contributed by atoms with Crippen molar-refractivity contribution in [2.24, 2.45) is 0 Å². The van der Waals surface area contributed by atoms with Crippen molar-refractivity contribution in [3.05, 3.63) is 214 Å². The van der Waals surface area contributed by atoms with Gasteiger partial charge in [-0.2, -0.15) is 0 Å². The monoisotopic (exact) mass is 1010 g/mol. The maximum atomic E-state index is 6.81. The quantitative estimate of drug-likeness (QED) is 0.152. The van der Waals surface area contributed by atoms with Crippen LogP contribution in [0.1, 0.15) is 22.3 Å². The number of para-hydroxylation sites is 3. The molecular weight excluding hydrogens is 966 g/mol. The van der Waals surface area contributed by atoms with Gasteiger partial charge in [0.05, 0.1) is 5.69 Å². The van der Waals surface area contributed by atoms with Crippen LogP contribution in [0.25, 0.3) is 83.5 Å². The molecule has 0 amide bonds. The molecule has 0 saturated carbocycles. The van der Waals surface area contributed by atoms with E-state index in [9.17, 15) is 0 Å². The molecule has 64 heavy (non-hydrogen) atoms. The first-order valence-electron chi connectivity index (χ1n) is 21.5. The molecule has 0 saturated heterocycles. The van der Waals surface area contributed by atoms with Crippen LogP contribution >= 0.6 is 0 Å². The minimum Gasteiger partial charge on any atom is -0.256 e. The number of hydrogen-bond acceptors (Lipinski definition) is 3. The van der Waals surface area contributed by atoms with E-state index in [-0.39, 0.29) is 0 Å².